The number of thioether (sulfide) groups is 1. The summed E-state index contributed by atoms with van der Waals surface area (Å²) in [5.74, 6) is 0.988. The average Bonchev–Trinajstić information content (AvgIpc) is 2.64. The van der Waals surface area contributed by atoms with Gasteiger partial charge in [0.1, 0.15) is 0 Å². The normalized spacial score (nSPS) is 10.9. The van der Waals surface area contributed by atoms with Crippen LogP contribution >= 0.6 is 11.8 Å². The molecular formula is C15H21N3S. The van der Waals surface area contributed by atoms with Crippen LogP contribution in [0.25, 0.3) is 0 Å². The van der Waals surface area contributed by atoms with Crippen LogP contribution in [0.1, 0.15) is 22.4 Å². The van der Waals surface area contributed by atoms with Crippen LogP contribution in [-0.4, -0.2) is 16.8 Å². The summed E-state index contributed by atoms with van der Waals surface area (Å²) in [4.78, 5) is 0. The zero-order chi connectivity index (χ0) is 13.8. The first kappa shape index (κ1) is 14.2. The monoisotopic (exact) mass is 275 g/mol. The third-order valence-electron chi connectivity index (χ3n) is 3.27. The molecule has 1 heterocycles. The summed E-state index contributed by atoms with van der Waals surface area (Å²) < 4.78 is 1.99. The Hall–Kier alpha value is -1.26. The number of rotatable bonds is 5. The molecule has 3 nitrogen and oxygen atoms in total. The van der Waals surface area contributed by atoms with E-state index in [9.17, 15) is 0 Å². The zero-order valence-electron chi connectivity index (χ0n) is 12.0. The maximum Gasteiger partial charge on any atom is 0.0987 e. The van der Waals surface area contributed by atoms with Crippen LogP contribution in [0.3, 0.4) is 0 Å². The van der Waals surface area contributed by atoms with E-state index in [-0.39, 0.29) is 0 Å². The quantitative estimate of drug-likeness (QED) is 0.851. The van der Waals surface area contributed by atoms with Gasteiger partial charge in [0.2, 0.25) is 0 Å². The summed E-state index contributed by atoms with van der Waals surface area (Å²) in [5.41, 5.74) is 5.17. The van der Waals surface area contributed by atoms with E-state index in [1.807, 2.05) is 30.5 Å². The fraction of sp³-hybridized carbons (Fsp3) is 0.400. The Balaban J connectivity index is 2.17. The van der Waals surface area contributed by atoms with Gasteiger partial charge in [-0.3, -0.25) is 4.68 Å². The Labute approximate surface area is 119 Å². The van der Waals surface area contributed by atoms with Crippen LogP contribution in [0.15, 0.2) is 29.3 Å². The van der Waals surface area contributed by atoms with Gasteiger partial charge in [-0.05, 0) is 32.0 Å². The number of nitrogens with zero attached hydrogens (tertiary/aromatic N) is 2. The lowest BCUT2D eigenvalue weighted by Crippen LogP contribution is -2.07. The van der Waals surface area contributed by atoms with Gasteiger partial charge in [-0.2, -0.15) is 5.10 Å². The van der Waals surface area contributed by atoms with Crippen molar-refractivity contribution in [3.63, 3.8) is 0 Å². The van der Waals surface area contributed by atoms with Gasteiger partial charge in [-0.1, -0.05) is 24.3 Å². The lowest BCUT2D eigenvalue weighted by molar-refractivity contribution is 0.683. The lowest BCUT2D eigenvalue weighted by Gasteiger charge is -2.08. The van der Waals surface area contributed by atoms with Crippen molar-refractivity contribution in [2.75, 3.05) is 7.05 Å². The predicted molar refractivity (Wildman–Crippen MR) is 81.4 cm³/mol. The van der Waals surface area contributed by atoms with Crippen LogP contribution in [0.5, 0.6) is 0 Å². The summed E-state index contributed by atoms with van der Waals surface area (Å²) in [6, 6.07) is 8.55. The highest BCUT2D eigenvalue weighted by molar-refractivity contribution is 7.98. The fourth-order valence-corrected chi connectivity index (χ4v) is 3.40. The molecule has 2 aromatic rings. The highest BCUT2D eigenvalue weighted by Gasteiger charge is 2.13. The maximum absolute atomic E-state index is 4.52. The Kier molecular flexibility index (Phi) is 4.66. The van der Waals surface area contributed by atoms with E-state index in [0.29, 0.717) is 0 Å². The number of nitrogens with one attached hydrogen (secondary N) is 1. The van der Waals surface area contributed by atoms with Gasteiger partial charge in [0.05, 0.1) is 10.7 Å². The molecule has 1 N–H and O–H groups in total. The maximum atomic E-state index is 4.52. The molecule has 1 aromatic carbocycles. The zero-order valence-corrected chi connectivity index (χ0v) is 12.8. The molecule has 0 unspecified atom stereocenters. The summed E-state index contributed by atoms with van der Waals surface area (Å²) in [5, 5.41) is 9.00. The van der Waals surface area contributed by atoms with E-state index in [4.69, 9.17) is 0 Å². The first-order valence-electron chi connectivity index (χ1n) is 6.48. The van der Waals surface area contributed by atoms with Crippen molar-refractivity contribution in [1.82, 2.24) is 15.1 Å². The third kappa shape index (κ3) is 3.19. The van der Waals surface area contributed by atoms with E-state index in [2.05, 4.69) is 48.5 Å². The van der Waals surface area contributed by atoms with E-state index >= 15 is 0 Å². The SMILES string of the molecule is CNCc1c(C)nn(C)c1SCc1ccccc1C. The van der Waals surface area contributed by atoms with Crippen LogP contribution in [0.2, 0.25) is 0 Å². The molecule has 0 radical (unpaired) electrons. The van der Waals surface area contributed by atoms with E-state index in [1.165, 1.54) is 21.7 Å². The number of hydrogen-bond donors (Lipinski definition) is 1. The third-order valence-corrected chi connectivity index (χ3v) is 4.51. The van der Waals surface area contributed by atoms with E-state index < -0.39 is 0 Å². The van der Waals surface area contributed by atoms with Gasteiger partial charge in [-0.15, -0.1) is 11.8 Å². The van der Waals surface area contributed by atoms with Crippen LogP contribution in [0.4, 0.5) is 0 Å². The Bertz CT molecular complexity index is 561. The van der Waals surface area contributed by atoms with E-state index in [0.717, 1.165) is 18.0 Å². The minimum Gasteiger partial charge on any atom is -0.316 e. The molecule has 0 aliphatic carbocycles. The smallest absolute Gasteiger partial charge is 0.0987 e. The molecule has 0 atom stereocenters. The molecule has 0 aliphatic rings. The number of benzene rings is 1. The van der Waals surface area contributed by atoms with Crippen molar-refractivity contribution >= 4 is 11.8 Å². The Morgan fingerprint density at radius 3 is 2.68 bits per heavy atom. The summed E-state index contributed by atoms with van der Waals surface area (Å²) in [7, 11) is 3.99. The molecule has 19 heavy (non-hydrogen) atoms. The van der Waals surface area contributed by atoms with Crippen LogP contribution in [-0.2, 0) is 19.3 Å². The molecule has 0 fully saturated rings. The fourth-order valence-electron chi connectivity index (χ4n) is 2.16. The second-order valence-corrected chi connectivity index (χ2v) is 5.70. The molecule has 0 saturated carbocycles. The van der Waals surface area contributed by atoms with Crippen molar-refractivity contribution < 1.29 is 0 Å². The molecule has 0 saturated heterocycles. The second kappa shape index (κ2) is 6.26. The topological polar surface area (TPSA) is 29.9 Å². The summed E-state index contributed by atoms with van der Waals surface area (Å²) in [6.45, 7) is 5.11. The van der Waals surface area contributed by atoms with Crippen molar-refractivity contribution in [3.05, 3.63) is 46.6 Å². The molecule has 0 spiro atoms. The van der Waals surface area contributed by atoms with Gasteiger partial charge in [0.25, 0.3) is 0 Å². The molecule has 1 aromatic heterocycles. The molecular weight excluding hydrogens is 254 g/mol. The second-order valence-electron chi connectivity index (χ2n) is 4.74. The van der Waals surface area contributed by atoms with Crippen molar-refractivity contribution in [2.45, 2.75) is 31.2 Å². The molecule has 102 valence electrons. The van der Waals surface area contributed by atoms with Crippen LogP contribution in [0, 0.1) is 13.8 Å². The number of aryl methyl sites for hydroxylation is 3. The van der Waals surface area contributed by atoms with Crippen molar-refractivity contribution in [2.24, 2.45) is 7.05 Å². The van der Waals surface area contributed by atoms with Gasteiger partial charge in [0.15, 0.2) is 0 Å². The van der Waals surface area contributed by atoms with Crippen molar-refractivity contribution in [1.29, 1.82) is 0 Å². The molecule has 0 amide bonds. The summed E-state index contributed by atoms with van der Waals surface area (Å²) >= 11 is 1.86. The Morgan fingerprint density at radius 1 is 1.26 bits per heavy atom. The van der Waals surface area contributed by atoms with Gasteiger partial charge in [-0.25, -0.2) is 0 Å². The van der Waals surface area contributed by atoms with Crippen molar-refractivity contribution in [3.8, 4) is 0 Å². The average molecular weight is 275 g/mol. The highest BCUT2D eigenvalue weighted by atomic mass is 32.2. The largest absolute Gasteiger partial charge is 0.316 e. The van der Waals surface area contributed by atoms with Crippen LogP contribution < -0.4 is 5.32 Å². The van der Waals surface area contributed by atoms with Gasteiger partial charge in [0, 0.05) is 24.9 Å². The lowest BCUT2D eigenvalue weighted by atomic mass is 10.1. The predicted octanol–water partition coefficient (Wildman–Crippen LogP) is 3.05. The first-order valence-corrected chi connectivity index (χ1v) is 7.46. The first-order chi connectivity index (χ1) is 9.13. The molecule has 2 rings (SSSR count). The highest BCUT2D eigenvalue weighted by Crippen LogP contribution is 2.28. The van der Waals surface area contributed by atoms with Gasteiger partial charge >= 0.3 is 0 Å². The summed E-state index contributed by atoms with van der Waals surface area (Å²) in [6.07, 6.45) is 0. The minimum absolute atomic E-state index is 0.871. The Morgan fingerprint density at radius 2 is 2.00 bits per heavy atom. The molecule has 0 bridgehead atoms. The van der Waals surface area contributed by atoms with Gasteiger partial charge < -0.3 is 5.32 Å². The standard InChI is InChI=1S/C15H21N3S/c1-11-7-5-6-8-13(11)10-19-15-14(9-16-3)12(2)17-18(15)4/h5-8,16H,9-10H2,1-4H3. The minimum atomic E-state index is 0.871. The number of aromatic nitrogens is 2. The molecule has 0 aliphatic heterocycles. The number of hydrogen-bond acceptors (Lipinski definition) is 3. The van der Waals surface area contributed by atoms with E-state index in [1.54, 1.807) is 0 Å². The molecule has 4 heteroatoms.